The number of ether oxygens (including phenoxy) is 1. The third kappa shape index (κ3) is 2.45. The number of hydrogen-bond acceptors (Lipinski definition) is 5. The Bertz CT molecular complexity index is 605. The van der Waals surface area contributed by atoms with Crippen LogP contribution in [0.2, 0.25) is 0 Å². The number of esters is 1. The van der Waals surface area contributed by atoms with Gasteiger partial charge in [-0.2, -0.15) is 0 Å². The normalized spacial score (nSPS) is 10.5. The van der Waals surface area contributed by atoms with Gasteiger partial charge < -0.3 is 4.74 Å². The predicted molar refractivity (Wildman–Crippen MR) is 62.2 cm³/mol. The van der Waals surface area contributed by atoms with Crippen LogP contribution in [0.3, 0.4) is 0 Å². The number of imidazole rings is 1. The van der Waals surface area contributed by atoms with Gasteiger partial charge in [0.2, 0.25) is 0 Å². The highest BCUT2D eigenvalue weighted by Gasteiger charge is 2.11. The summed E-state index contributed by atoms with van der Waals surface area (Å²) in [5, 5.41) is 10.6. The summed E-state index contributed by atoms with van der Waals surface area (Å²) in [5.74, 6) is -0.365. The van der Waals surface area contributed by atoms with E-state index in [0.717, 1.165) is 0 Å². The van der Waals surface area contributed by atoms with Crippen LogP contribution in [0.1, 0.15) is 12.6 Å². The maximum atomic E-state index is 11.3. The summed E-state index contributed by atoms with van der Waals surface area (Å²) in [6.45, 7) is 2.04. The maximum absolute atomic E-state index is 11.3. The Morgan fingerprint density at radius 3 is 2.94 bits per heavy atom. The van der Waals surface area contributed by atoms with E-state index >= 15 is 0 Å². The molecule has 2 aromatic heterocycles. The second-order valence-electron chi connectivity index (χ2n) is 3.62. The summed E-state index contributed by atoms with van der Waals surface area (Å²) in [5.41, 5.74) is 1.05. The van der Waals surface area contributed by atoms with Crippen LogP contribution in [-0.4, -0.2) is 26.9 Å². The van der Waals surface area contributed by atoms with Gasteiger partial charge in [-0.15, -0.1) is 0 Å². The fourth-order valence-electron chi connectivity index (χ4n) is 1.59. The van der Waals surface area contributed by atoms with E-state index in [2.05, 4.69) is 4.98 Å². The number of rotatable bonds is 4. The minimum Gasteiger partial charge on any atom is -0.466 e. The van der Waals surface area contributed by atoms with Crippen LogP contribution in [0.5, 0.6) is 0 Å². The third-order valence-electron chi connectivity index (χ3n) is 2.33. The van der Waals surface area contributed by atoms with Gasteiger partial charge in [-0.3, -0.25) is 19.3 Å². The second-order valence-corrected chi connectivity index (χ2v) is 3.62. The predicted octanol–water partition coefficient (Wildman–Crippen LogP) is 1.35. The second kappa shape index (κ2) is 4.82. The van der Waals surface area contributed by atoms with Crippen molar-refractivity contribution in [3.63, 3.8) is 0 Å². The van der Waals surface area contributed by atoms with Crippen molar-refractivity contribution in [2.75, 3.05) is 6.61 Å². The average molecular weight is 249 g/mol. The summed E-state index contributed by atoms with van der Waals surface area (Å²) in [7, 11) is 0. The Morgan fingerprint density at radius 2 is 2.28 bits per heavy atom. The smallest absolute Gasteiger partial charge is 0.311 e. The van der Waals surface area contributed by atoms with Gasteiger partial charge in [0, 0.05) is 12.3 Å². The molecule has 7 nitrogen and oxygen atoms in total. The molecule has 2 heterocycles. The summed E-state index contributed by atoms with van der Waals surface area (Å²) >= 11 is 0. The molecular weight excluding hydrogens is 238 g/mol. The summed E-state index contributed by atoms with van der Waals surface area (Å²) in [4.78, 5) is 25.6. The van der Waals surface area contributed by atoms with E-state index in [1.54, 1.807) is 13.1 Å². The molecule has 0 radical (unpaired) electrons. The molecule has 0 bridgehead atoms. The van der Waals surface area contributed by atoms with Crippen molar-refractivity contribution in [2.45, 2.75) is 13.3 Å². The van der Waals surface area contributed by atoms with Crippen LogP contribution in [0.4, 0.5) is 5.69 Å². The number of carbonyl (C=O) groups is 1. The highest BCUT2D eigenvalue weighted by atomic mass is 16.6. The molecule has 0 amide bonds. The van der Waals surface area contributed by atoms with Gasteiger partial charge in [0.05, 0.1) is 29.8 Å². The first-order valence-electron chi connectivity index (χ1n) is 5.38. The number of aromatic nitrogens is 2. The molecule has 18 heavy (non-hydrogen) atoms. The van der Waals surface area contributed by atoms with Crippen LogP contribution >= 0.6 is 0 Å². The third-order valence-corrected chi connectivity index (χ3v) is 2.33. The summed E-state index contributed by atoms with van der Waals surface area (Å²) in [6.07, 6.45) is 3.00. The van der Waals surface area contributed by atoms with Crippen molar-refractivity contribution in [1.29, 1.82) is 0 Å². The number of fused-ring (bicyclic) bond motifs is 1. The lowest BCUT2D eigenvalue weighted by Crippen LogP contribution is -2.07. The first-order chi connectivity index (χ1) is 8.60. The van der Waals surface area contributed by atoms with Crippen LogP contribution in [-0.2, 0) is 16.0 Å². The largest absolute Gasteiger partial charge is 0.466 e. The fourth-order valence-corrected chi connectivity index (χ4v) is 1.59. The average Bonchev–Trinajstić information content (AvgIpc) is 2.69. The van der Waals surface area contributed by atoms with Crippen LogP contribution in [0.25, 0.3) is 5.65 Å². The van der Waals surface area contributed by atoms with Gasteiger partial charge >= 0.3 is 5.97 Å². The number of hydrogen-bond donors (Lipinski definition) is 0. The topological polar surface area (TPSA) is 86.7 Å². The Hall–Kier alpha value is -2.44. The minimum atomic E-state index is -0.482. The number of carbonyl (C=O) groups excluding carboxylic acids is 1. The highest BCUT2D eigenvalue weighted by Crippen LogP contribution is 2.14. The van der Waals surface area contributed by atoms with E-state index in [1.807, 2.05) is 0 Å². The van der Waals surface area contributed by atoms with Crippen molar-refractivity contribution in [1.82, 2.24) is 9.38 Å². The van der Waals surface area contributed by atoms with Gasteiger partial charge in [0.1, 0.15) is 5.65 Å². The van der Waals surface area contributed by atoms with Gasteiger partial charge in [-0.1, -0.05) is 0 Å². The van der Waals surface area contributed by atoms with Crippen LogP contribution < -0.4 is 0 Å². The number of pyridine rings is 1. The van der Waals surface area contributed by atoms with Gasteiger partial charge in [-0.05, 0) is 13.0 Å². The molecule has 0 aliphatic rings. The zero-order valence-electron chi connectivity index (χ0n) is 9.70. The summed E-state index contributed by atoms with van der Waals surface area (Å²) in [6, 6.07) is 2.91. The molecular formula is C11H11N3O4. The quantitative estimate of drug-likeness (QED) is 0.463. The molecule has 7 heteroatoms. The fraction of sp³-hybridized carbons (Fsp3) is 0.273. The molecule has 0 N–H and O–H groups in total. The molecule has 0 saturated carbocycles. The molecule has 2 rings (SSSR count). The van der Waals surface area contributed by atoms with E-state index in [1.165, 1.54) is 22.7 Å². The standard InChI is InChI=1S/C11H11N3O4/c1-2-18-11(15)5-8-6-13-7-9(14(16)17)3-4-10(13)12-8/h3-4,6-7H,2,5H2,1H3. The first-order valence-corrected chi connectivity index (χ1v) is 5.38. The maximum Gasteiger partial charge on any atom is 0.311 e. The Balaban J connectivity index is 2.27. The highest BCUT2D eigenvalue weighted by molar-refractivity contribution is 5.72. The van der Waals surface area contributed by atoms with E-state index in [4.69, 9.17) is 4.74 Å². The van der Waals surface area contributed by atoms with Crippen molar-refractivity contribution < 1.29 is 14.5 Å². The van der Waals surface area contributed by atoms with E-state index < -0.39 is 4.92 Å². The van der Waals surface area contributed by atoms with Crippen molar-refractivity contribution in [3.8, 4) is 0 Å². The van der Waals surface area contributed by atoms with E-state index in [-0.39, 0.29) is 18.1 Å². The molecule has 0 aliphatic carbocycles. The summed E-state index contributed by atoms with van der Waals surface area (Å²) < 4.78 is 6.33. The molecule has 94 valence electrons. The molecule has 0 spiro atoms. The zero-order chi connectivity index (χ0) is 13.1. The van der Waals surface area contributed by atoms with Crippen LogP contribution in [0, 0.1) is 10.1 Å². The van der Waals surface area contributed by atoms with Gasteiger partial charge in [0.25, 0.3) is 5.69 Å². The molecule has 0 fully saturated rings. The van der Waals surface area contributed by atoms with Crippen molar-refractivity contribution in [2.24, 2.45) is 0 Å². The molecule has 2 aromatic rings. The SMILES string of the molecule is CCOC(=O)Cc1cn2cc([N+](=O)[O-])ccc2n1. The Kier molecular flexibility index (Phi) is 3.22. The van der Waals surface area contributed by atoms with Gasteiger partial charge in [-0.25, -0.2) is 4.98 Å². The zero-order valence-corrected chi connectivity index (χ0v) is 9.70. The Labute approximate surface area is 102 Å². The lowest BCUT2D eigenvalue weighted by molar-refractivity contribution is -0.385. The number of nitro groups is 1. The number of nitrogens with zero attached hydrogens (tertiary/aromatic N) is 3. The molecule has 0 aliphatic heterocycles. The molecule has 0 saturated heterocycles. The molecule has 0 aromatic carbocycles. The van der Waals surface area contributed by atoms with Gasteiger partial charge in [0.15, 0.2) is 0 Å². The first kappa shape index (κ1) is 12.0. The monoisotopic (exact) mass is 249 g/mol. The van der Waals surface area contributed by atoms with Crippen molar-refractivity contribution >= 4 is 17.3 Å². The molecule has 0 atom stereocenters. The van der Waals surface area contributed by atoms with Crippen LogP contribution in [0.15, 0.2) is 24.5 Å². The van der Waals surface area contributed by atoms with E-state index in [9.17, 15) is 14.9 Å². The minimum absolute atomic E-state index is 0.0254. The van der Waals surface area contributed by atoms with E-state index in [0.29, 0.717) is 17.9 Å². The lowest BCUT2D eigenvalue weighted by Gasteiger charge is -1.97. The van der Waals surface area contributed by atoms with Crippen molar-refractivity contribution in [3.05, 3.63) is 40.3 Å². The molecule has 0 unspecified atom stereocenters. The Morgan fingerprint density at radius 1 is 1.50 bits per heavy atom. The lowest BCUT2D eigenvalue weighted by atomic mass is 10.3.